The molecular formula is C26H46. The Morgan fingerprint density at radius 3 is 1.35 bits per heavy atom. The second-order valence-corrected chi connectivity index (χ2v) is 8.47. The first-order valence-electron chi connectivity index (χ1n) is 11.8. The lowest BCUT2D eigenvalue weighted by Gasteiger charge is -2.06. The van der Waals surface area contributed by atoms with E-state index in [0.717, 1.165) is 0 Å². The van der Waals surface area contributed by atoms with Gasteiger partial charge in [0.15, 0.2) is 0 Å². The Labute approximate surface area is 165 Å². The summed E-state index contributed by atoms with van der Waals surface area (Å²) in [5, 5.41) is 0. The van der Waals surface area contributed by atoms with Crippen molar-refractivity contribution in [1.82, 2.24) is 0 Å². The van der Waals surface area contributed by atoms with Crippen molar-refractivity contribution >= 4 is 0 Å². The molecule has 0 atom stereocenters. The summed E-state index contributed by atoms with van der Waals surface area (Å²) in [6, 6.07) is 6.96. The molecule has 0 heteroatoms. The van der Waals surface area contributed by atoms with Crippen LogP contribution in [-0.4, -0.2) is 0 Å². The first-order valence-corrected chi connectivity index (χ1v) is 11.8. The molecule has 0 fully saturated rings. The van der Waals surface area contributed by atoms with Crippen LogP contribution in [0.1, 0.15) is 126 Å². The highest BCUT2D eigenvalue weighted by Gasteiger charge is 1.98. The molecule has 0 heterocycles. The minimum absolute atomic E-state index is 1.26. The zero-order chi connectivity index (χ0) is 18.9. The second-order valence-electron chi connectivity index (χ2n) is 8.47. The molecule has 0 amide bonds. The molecule has 1 aromatic rings. The van der Waals surface area contributed by atoms with E-state index in [0.29, 0.717) is 0 Å². The summed E-state index contributed by atoms with van der Waals surface area (Å²) in [4.78, 5) is 0. The average molecular weight is 359 g/mol. The molecule has 0 aliphatic heterocycles. The number of hydrogen-bond acceptors (Lipinski definition) is 0. The molecule has 0 unspecified atom stereocenters. The van der Waals surface area contributed by atoms with E-state index in [1.807, 2.05) is 0 Å². The average Bonchev–Trinajstić information content (AvgIpc) is 2.64. The van der Waals surface area contributed by atoms with Crippen molar-refractivity contribution in [1.29, 1.82) is 0 Å². The van der Waals surface area contributed by atoms with Crippen LogP contribution in [0.3, 0.4) is 0 Å². The van der Waals surface area contributed by atoms with Crippen molar-refractivity contribution in [3.8, 4) is 0 Å². The summed E-state index contributed by atoms with van der Waals surface area (Å²) in [6.45, 7) is 6.73. The van der Waals surface area contributed by atoms with Crippen molar-refractivity contribution < 1.29 is 0 Å². The maximum absolute atomic E-state index is 2.38. The fourth-order valence-corrected chi connectivity index (χ4v) is 3.84. The molecule has 0 saturated carbocycles. The van der Waals surface area contributed by atoms with Gasteiger partial charge in [0.2, 0.25) is 0 Å². The van der Waals surface area contributed by atoms with Gasteiger partial charge in [-0.2, -0.15) is 0 Å². The highest BCUT2D eigenvalue weighted by molar-refractivity contribution is 5.29. The smallest absolute Gasteiger partial charge is 0.0279 e. The molecule has 0 radical (unpaired) electrons. The normalized spacial score (nSPS) is 11.2. The molecule has 0 bridgehead atoms. The molecular weight excluding hydrogens is 312 g/mol. The summed E-state index contributed by atoms with van der Waals surface area (Å²) in [6.07, 6.45) is 24.4. The molecule has 0 spiro atoms. The number of unbranched alkanes of at least 4 members (excludes halogenated alkanes) is 15. The second kappa shape index (κ2) is 16.4. The Kier molecular flexibility index (Phi) is 14.7. The van der Waals surface area contributed by atoms with Crippen LogP contribution in [0.15, 0.2) is 18.2 Å². The van der Waals surface area contributed by atoms with Gasteiger partial charge in [-0.3, -0.25) is 0 Å². The highest BCUT2D eigenvalue weighted by atomic mass is 14.0. The van der Waals surface area contributed by atoms with Crippen LogP contribution in [-0.2, 0) is 6.42 Å². The Balaban J connectivity index is 1.79. The van der Waals surface area contributed by atoms with E-state index in [4.69, 9.17) is 0 Å². The van der Waals surface area contributed by atoms with E-state index in [9.17, 15) is 0 Å². The molecule has 0 aromatic heterocycles. The van der Waals surface area contributed by atoms with Gasteiger partial charge in [0.25, 0.3) is 0 Å². The highest BCUT2D eigenvalue weighted by Crippen LogP contribution is 2.15. The van der Waals surface area contributed by atoms with E-state index in [-0.39, 0.29) is 0 Å². The van der Waals surface area contributed by atoms with Crippen LogP contribution in [0.2, 0.25) is 0 Å². The lowest BCUT2D eigenvalue weighted by atomic mass is 10.0. The van der Waals surface area contributed by atoms with E-state index in [1.54, 1.807) is 0 Å². The van der Waals surface area contributed by atoms with Gasteiger partial charge in [-0.05, 0) is 43.4 Å². The minimum atomic E-state index is 1.26. The van der Waals surface area contributed by atoms with Crippen molar-refractivity contribution in [2.45, 2.75) is 130 Å². The summed E-state index contributed by atoms with van der Waals surface area (Å²) >= 11 is 0. The van der Waals surface area contributed by atoms with E-state index < -0.39 is 0 Å². The van der Waals surface area contributed by atoms with Crippen LogP contribution in [0.4, 0.5) is 0 Å². The van der Waals surface area contributed by atoms with E-state index >= 15 is 0 Å². The quantitative estimate of drug-likeness (QED) is 0.243. The maximum atomic E-state index is 2.38. The predicted molar refractivity (Wildman–Crippen MR) is 119 cm³/mol. The minimum Gasteiger partial charge on any atom is -0.0654 e. The molecule has 0 N–H and O–H groups in total. The lowest BCUT2D eigenvalue weighted by molar-refractivity contribution is 0.529. The van der Waals surface area contributed by atoms with Gasteiger partial charge < -0.3 is 0 Å². The third-order valence-electron chi connectivity index (χ3n) is 5.89. The van der Waals surface area contributed by atoms with Crippen LogP contribution in [0.5, 0.6) is 0 Å². The number of benzene rings is 1. The molecule has 1 rings (SSSR count). The molecule has 0 aliphatic carbocycles. The molecule has 0 nitrogen and oxygen atoms in total. The van der Waals surface area contributed by atoms with Crippen LogP contribution in [0.25, 0.3) is 0 Å². The molecule has 26 heavy (non-hydrogen) atoms. The van der Waals surface area contributed by atoms with Crippen molar-refractivity contribution in [2.24, 2.45) is 0 Å². The molecule has 150 valence electrons. The zero-order valence-corrected chi connectivity index (χ0v) is 18.3. The monoisotopic (exact) mass is 358 g/mol. The van der Waals surface area contributed by atoms with Gasteiger partial charge in [-0.1, -0.05) is 121 Å². The van der Waals surface area contributed by atoms with Crippen molar-refractivity contribution in [3.05, 3.63) is 34.9 Å². The van der Waals surface area contributed by atoms with Crippen molar-refractivity contribution in [2.75, 3.05) is 0 Å². The Bertz CT molecular complexity index is 432. The third-order valence-corrected chi connectivity index (χ3v) is 5.89. The summed E-state index contributed by atoms with van der Waals surface area (Å²) < 4.78 is 0. The predicted octanol–water partition coefficient (Wildman–Crippen LogP) is 9.11. The number of hydrogen-bond donors (Lipinski definition) is 0. The first kappa shape index (κ1) is 23.3. The topological polar surface area (TPSA) is 0 Å². The Hall–Kier alpha value is -0.780. The fraction of sp³-hybridized carbons (Fsp3) is 0.769. The van der Waals surface area contributed by atoms with Gasteiger partial charge in [0.1, 0.15) is 0 Å². The fourth-order valence-electron chi connectivity index (χ4n) is 3.84. The SMILES string of the molecule is CCCCCCCCCCCCCCCCCCc1ccc(C)c(C)c1. The lowest BCUT2D eigenvalue weighted by Crippen LogP contribution is -1.89. The molecule has 1 aromatic carbocycles. The number of rotatable bonds is 17. The van der Waals surface area contributed by atoms with Crippen molar-refractivity contribution in [3.63, 3.8) is 0 Å². The van der Waals surface area contributed by atoms with Crippen LogP contribution in [0, 0.1) is 13.8 Å². The molecule has 0 saturated heterocycles. The van der Waals surface area contributed by atoms with E-state index in [2.05, 4.69) is 39.0 Å². The van der Waals surface area contributed by atoms with Gasteiger partial charge in [0, 0.05) is 0 Å². The summed E-state index contributed by atoms with van der Waals surface area (Å²) in [7, 11) is 0. The summed E-state index contributed by atoms with van der Waals surface area (Å²) in [5.74, 6) is 0. The molecule has 0 aliphatic rings. The number of aryl methyl sites for hydroxylation is 3. The zero-order valence-electron chi connectivity index (χ0n) is 18.3. The Morgan fingerprint density at radius 2 is 0.923 bits per heavy atom. The van der Waals surface area contributed by atoms with Gasteiger partial charge in [-0.15, -0.1) is 0 Å². The standard InChI is InChI=1S/C26H46/c1-4-5-6-7-8-9-10-11-12-13-14-15-16-17-18-19-20-26-22-21-24(2)25(3)23-26/h21-23H,4-20H2,1-3H3. The van der Waals surface area contributed by atoms with Crippen LogP contribution >= 0.6 is 0 Å². The largest absolute Gasteiger partial charge is 0.0654 e. The van der Waals surface area contributed by atoms with Gasteiger partial charge in [-0.25, -0.2) is 0 Å². The third kappa shape index (κ3) is 12.6. The van der Waals surface area contributed by atoms with E-state index in [1.165, 1.54) is 126 Å². The summed E-state index contributed by atoms with van der Waals surface area (Å²) in [5.41, 5.74) is 4.39. The Morgan fingerprint density at radius 1 is 0.500 bits per heavy atom. The van der Waals surface area contributed by atoms with Crippen LogP contribution < -0.4 is 0 Å². The maximum Gasteiger partial charge on any atom is -0.0279 e. The first-order chi connectivity index (χ1) is 12.7. The van der Waals surface area contributed by atoms with Gasteiger partial charge >= 0.3 is 0 Å². The van der Waals surface area contributed by atoms with Gasteiger partial charge in [0.05, 0.1) is 0 Å².